The molecule has 3 aromatic rings. The minimum absolute atomic E-state index is 0.205. The first-order chi connectivity index (χ1) is 9.65. The predicted molar refractivity (Wildman–Crippen MR) is 66.2 cm³/mol. The Labute approximate surface area is 112 Å². The second kappa shape index (κ2) is 4.69. The van der Waals surface area contributed by atoms with E-state index in [1.54, 1.807) is 12.3 Å². The van der Waals surface area contributed by atoms with E-state index in [9.17, 15) is 13.9 Å². The predicted octanol–water partition coefficient (Wildman–Crippen LogP) is 2.31. The molecule has 0 aliphatic rings. The van der Waals surface area contributed by atoms with Gasteiger partial charge in [-0.15, -0.1) is 0 Å². The number of phenols is 1. The number of nitrogens with zero attached hydrogens (tertiary/aromatic N) is 4. The van der Waals surface area contributed by atoms with Gasteiger partial charge in [0.05, 0.1) is 11.9 Å². The van der Waals surface area contributed by atoms with Crippen molar-refractivity contribution >= 4 is 0 Å². The van der Waals surface area contributed by atoms with Gasteiger partial charge in [-0.3, -0.25) is 9.97 Å². The summed E-state index contributed by atoms with van der Waals surface area (Å²) in [5.41, 5.74) is 1.29. The number of phenolic OH excluding ortho intramolecular Hbond substituents is 1. The van der Waals surface area contributed by atoms with Gasteiger partial charge in [0.15, 0.2) is 17.4 Å². The van der Waals surface area contributed by atoms with Crippen molar-refractivity contribution in [3.63, 3.8) is 0 Å². The highest BCUT2D eigenvalue weighted by Gasteiger charge is 2.12. The molecule has 0 fully saturated rings. The van der Waals surface area contributed by atoms with Crippen LogP contribution in [0.2, 0.25) is 0 Å². The Morgan fingerprint density at radius 1 is 1.10 bits per heavy atom. The summed E-state index contributed by atoms with van der Waals surface area (Å²) in [6.07, 6.45) is 6.15. The topological polar surface area (TPSA) is 63.8 Å². The van der Waals surface area contributed by atoms with Gasteiger partial charge in [0, 0.05) is 30.7 Å². The molecule has 0 amide bonds. The van der Waals surface area contributed by atoms with E-state index in [2.05, 4.69) is 15.1 Å². The highest BCUT2D eigenvalue weighted by molar-refractivity contribution is 5.52. The van der Waals surface area contributed by atoms with Crippen LogP contribution in [0.4, 0.5) is 8.78 Å². The maximum absolute atomic E-state index is 13.3. The van der Waals surface area contributed by atoms with E-state index in [1.165, 1.54) is 23.3 Å². The van der Waals surface area contributed by atoms with Crippen LogP contribution in [0.15, 0.2) is 43.0 Å². The van der Waals surface area contributed by atoms with Crippen LogP contribution >= 0.6 is 0 Å². The van der Waals surface area contributed by atoms with Crippen molar-refractivity contribution in [2.45, 2.75) is 0 Å². The fourth-order valence-electron chi connectivity index (χ4n) is 1.73. The van der Waals surface area contributed by atoms with Crippen molar-refractivity contribution < 1.29 is 13.9 Å². The lowest BCUT2D eigenvalue weighted by molar-refractivity contribution is 0.406. The number of hydrogen-bond acceptors (Lipinski definition) is 4. The Morgan fingerprint density at radius 3 is 2.65 bits per heavy atom. The number of aromatic hydroxyl groups is 1. The van der Waals surface area contributed by atoms with Crippen molar-refractivity contribution in [3.05, 3.63) is 54.6 Å². The summed E-state index contributed by atoms with van der Waals surface area (Å²) in [5, 5.41) is 13.5. The second-order valence-corrected chi connectivity index (χ2v) is 4.00. The average molecular weight is 274 g/mol. The molecule has 100 valence electrons. The Balaban J connectivity index is 2.03. The molecular formula is C13H8F2N4O. The standard InChI is InChI=1S/C13H8F2N4O/c14-9-5-8(6-12(20)13(9)15)19-4-1-10(18-19)11-7-16-2-3-17-11/h1-7,20H. The van der Waals surface area contributed by atoms with Crippen LogP contribution in [-0.4, -0.2) is 24.9 Å². The van der Waals surface area contributed by atoms with Gasteiger partial charge >= 0.3 is 0 Å². The Morgan fingerprint density at radius 2 is 1.95 bits per heavy atom. The lowest BCUT2D eigenvalue weighted by atomic mass is 10.3. The lowest BCUT2D eigenvalue weighted by Gasteiger charge is -2.04. The molecule has 0 spiro atoms. The zero-order chi connectivity index (χ0) is 14.1. The molecule has 20 heavy (non-hydrogen) atoms. The van der Waals surface area contributed by atoms with E-state index in [1.807, 2.05) is 0 Å². The monoisotopic (exact) mass is 274 g/mol. The minimum Gasteiger partial charge on any atom is -0.505 e. The van der Waals surface area contributed by atoms with Crippen LogP contribution in [0, 0.1) is 11.6 Å². The van der Waals surface area contributed by atoms with Gasteiger partial charge in [0.2, 0.25) is 0 Å². The van der Waals surface area contributed by atoms with E-state index >= 15 is 0 Å². The van der Waals surface area contributed by atoms with E-state index < -0.39 is 17.4 Å². The zero-order valence-electron chi connectivity index (χ0n) is 10.0. The van der Waals surface area contributed by atoms with Gasteiger partial charge in [-0.2, -0.15) is 9.49 Å². The van der Waals surface area contributed by atoms with Crippen molar-refractivity contribution in [2.24, 2.45) is 0 Å². The van der Waals surface area contributed by atoms with Gasteiger partial charge in [-0.05, 0) is 6.07 Å². The first-order valence-electron chi connectivity index (χ1n) is 5.65. The SMILES string of the molecule is Oc1cc(-n2ccc(-c3cnccn3)n2)cc(F)c1F. The van der Waals surface area contributed by atoms with Crippen molar-refractivity contribution in [1.82, 2.24) is 19.7 Å². The summed E-state index contributed by atoms with van der Waals surface area (Å²) in [7, 11) is 0. The molecule has 0 atom stereocenters. The molecule has 2 heterocycles. The number of halogens is 2. The van der Waals surface area contributed by atoms with Gasteiger partial charge < -0.3 is 5.11 Å². The van der Waals surface area contributed by atoms with Crippen LogP contribution in [0.5, 0.6) is 5.75 Å². The third kappa shape index (κ3) is 2.09. The fraction of sp³-hybridized carbons (Fsp3) is 0. The van der Waals surface area contributed by atoms with E-state index in [0.717, 1.165) is 12.1 Å². The van der Waals surface area contributed by atoms with Crippen molar-refractivity contribution in [2.75, 3.05) is 0 Å². The summed E-state index contributed by atoms with van der Waals surface area (Å²) in [4.78, 5) is 8.00. The van der Waals surface area contributed by atoms with Gasteiger partial charge in [-0.1, -0.05) is 0 Å². The van der Waals surface area contributed by atoms with Crippen LogP contribution in [0.3, 0.4) is 0 Å². The largest absolute Gasteiger partial charge is 0.505 e. The van der Waals surface area contributed by atoms with Crippen molar-refractivity contribution in [1.29, 1.82) is 0 Å². The van der Waals surface area contributed by atoms with Crippen LogP contribution in [-0.2, 0) is 0 Å². The van der Waals surface area contributed by atoms with Crippen LogP contribution in [0.25, 0.3) is 17.1 Å². The highest BCUT2D eigenvalue weighted by Crippen LogP contribution is 2.23. The summed E-state index contributed by atoms with van der Waals surface area (Å²) >= 11 is 0. The highest BCUT2D eigenvalue weighted by atomic mass is 19.2. The van der Waals surface area contributed by atoms with Gasteiger partial charge in [0.25, 0.3) is 0 Å². The first-order valence-corrected chi connectivity index (χ1v) is 5.65. The summed E-state index contributed by atoms with van der Waals surface area (Å²) < 4.78 is 27.6. The molecule has 0 unspecified atom stereocenters. The minimum atomic E-state index is -1.28. The molecule has 2 aromatic heterocycles. The van der Waals surface area contributed by atoms with Crippen LogP contribution < -0.4 is 0 Å². The number of aromatic nitrogens is 4. The molecular weight excluding hydrogens is 266 g/mol. The van der Waals surface area contributed by atoms with Crippen molar-refractivity contribution in [3.8, 4) is 22.8 Å². The van der Waals surface area contributed by atoms with E-state index in [-0.39, 0.29) is 5.69 Å². The first kappa shape index (κ1) is 12.2. The lowest BCUT2D eigenvalue weighted by Crippen LogP contribution is -1.98. The summed E-state index contributed by atoms with van der Waals surface area (Å²) in [6.45, 7) is 0. The fourth-order valence-corrected chi connectivity index (χ4v) is 1.73. The second-order valence-electron chi connectivity index (χ2n) is 4.00. The quantitative estimate of drug-likeness (QED) is 0.779. The molecule has 5 nitrogen and oxygen atoms in total. The third-order valence-corrected chi connectivity index (χ3v) is 2.67. The molecule has 0 radical (unpaired) electrons. The molecule has 7 heteroatoms. The maximum atomic E-state index is 13.3. The molecule has 1 N–H and O–H groups in total. The number of benzene rings is 1. The number of hydrogen-bond donors (Lipinski definition) is 1. The molecule has 0 aliphatic heterocycles. The molecule has 0 bridgehead atoms. The molecule has 0 saturated carbocycles. The van der Waals surface area contributed by atoms with E-state index in [4.69, 9.17) is 0 Å². The smallest absolute Gasteiger partial charge is 0.200 e. The number of rotatable bonds is 2. The Bertz CT molecular complexity index is 735. The maximum Gasteiger partial charge on any atom is 0.200 e. The Kier molecular flexibility index (Phi) is 2.86. The molecule has 0 aliphatic carbocycles. The molecule has 1 aromatic carbocycles. The third-order valence-electron chi connectivity index (χ3n) is 2.67. The zero-order valence-corrected chi connectivity index (χ0v) is 10.0. The molecule has 0 saturated heterocycles. The normalized spacial score (nSPS) is 10.7. The van der Waals surface area contributed by atoms with Gasteiger partial charge in [0.1, 0.15) is 11.4 Å². The van der Waals surface area contributed by atoms with Gasteiger partial charge in [-0.25, -0.2) is 9.07 Å². The summed E-state index contributed by atoms with van der Waals surface area (Å²) in [5.74, 6) is -3.19. The molecule has 3 rings (SSSR count). The summed E-state index contributed by atoms with van der Waals surface area (Å²) in [6, 6.07) is 3.69. The van der Waals surface area contributed by atoms with Crippen LogP contribution in [0.1, 0.15) is 0 Å². The van der Waals surface area contributed by atoms with E-state index in [0.29, 0.717) is 11.4 Å². The Hall–Kier alpha value is -2.83. The average Bonchev–Trinajstić information content (AvgIpc) is 2.95.